The molecule has 3 N–H and O–H groups in total. The van der Waals surface area contributed by atoms with Crippen molar-refractivity contribution in [3.63, 3.8) is 0 Å². The van der Waals surface area contributed by atoms with Gasteiger partial charge in [-0.3, -0.25) is 4.79 Å². The molecule has 0 amide bonds. The third-order valence-electron chi connectivity index (χ3n) is 1.58. The normalized spacial score (nSPS) is 10.8. The minimum Gasteiger partial charge on any atom is -0.465 e. The zero-order valence-corrected chi connectivity index (χ0v) is 9.94. The molecule has 1 unspecified atom stereocenters. The number of esters is 1. The smallest absolute Gasteiger partial charge is 0.323 e. The molecule has 0 saturated carbocycles. The van der Waals surface area contributed by atoms with Gasteiger partial charge in [0.05, 0.1) is 12.9 Å². The minimum absolute atomic E-state index is 0. The minimum atomic E-state index is -0.611. The van der Waals surface area contributed by atoms with Crippen LogP contribution in [-0.4, -0.2) is 28.6 Å². The number of ether oxygens (including phenoxy) is 1. The molecule has 0 radical (unpaired) electrons. The lowest BCUT2D eigenvalue weighted by atomic mass is 10.2. The Kier molecular flexibility index (Phi) is 9.46. The highest BCUT2D eigenvalue weighted by molar-refractivity contribution is 5.85. The number of H-pyrrole nitrogens is 1. The van der Waals surface area contributed by atoms with E-state index in [4.69, 9.17) is 10.5 Å². The maximum absolute atomic E-state index is 11.1. The van der Waals surface area contributed by atoms with Crippen molar-refractivity contribution in [3.05, 3.63) is 18.2 Å². The number of halogens is 2. The topological polar surface area (TPSA) is 81.0 Å². The van der Waals surface area contributed by atoms with Crippen LogP contribution in [0.5, 0.6) is 0 Å². The number of hydrogen-bond acceptors (Lipinski definition) is 4. The standard InChI is InChI=1S/C8H13N3O2.2ClH/c1-2-13-8(12)7(9)3-6-4-10-5-11-6;;/h4-5,7H,2-3,9H2,1H3,(H,10,11);2*1H. The van der Waals surface area contributed by atoms with Gasteiger partial charge in [0.1, 0.15) is 6.04 Å². The molecule has 0 aliphatic carbocycles. The summed E-state index contributed by atoms with van der Waals surface area (Å²) in [6, 6.07) is -0.611. The second-order valence-electron chi connectivity index (χ2n) is 2.64. The van der Waals surface area contributed by atoms with Gasteiger partial charge in [-0.15, -0.1) is 24.8 Å². The van der Waals surface area contributed by atoms with Crippen molar-refractivity contribution in [3.8, 4) is 0 Å². The van der Waals surface area contributed by atoms with E-state index in [0.717, 1.165) is 5.69 Å². The summed E-state index contributed by atoms with van der Waals surface area (Å²) in [7, 11) is 0. The fourth-order valence-electron chi connectivity index (χ4n) is 0.966. The number of aromatic nitrogens is 2. The van der Waals surface area contributed by atoms with Gasteiger partial charge in [-0.25, -0.2) is 4.98 Å². The first kappa shape index (κ1) is 16.6. The van der Waals surface area contributed by atoms with E-state index in [0.29, 0.717) is 13.0 Å². The third kappa shape index (κ3) is 5.61. The molecular weight excluding hydrogens is 241 g/mol. The average Bonchev–Trinajstić information content (AvgIpc) is 2.57. The molecule has 1 rings (SSSR count). The summed E-state index contributed by atoms with van der Waals surface area (Å²) < 4.78 is 4.75. The molecular formula is C8H15Cl2N3O2. The number of nitrogens with one attached hydrogen (secondary N) is 1. The maximum atomic E-state index is 11.1. The van der Waals surface area contributed by atoms with Crippen LogP contribution in [-0.2, 0) is 16.0 Å². The van der Waals surface area contributed by atoms with Crippen molar-refractivity contribution in [2.45, 2.75) is 19.4 Å². The SMILES string of the molecule is CCOC(=O)C(N)Cc1cnc[nH]1.Cl.Cl. The van der Waals surface area contributed by atoms with Crippen LogP contribution in [0.25, 0.3) is 0 Å². The molecule has 5 nitrogen and oxygen atoms in total. The number of carbonyl (C=O) groups is 1. The molecule has 0 bridgehead atoms. The predicted molar refractivity (Wildman–Crippen MR) is 61.4 cm³/mol. The van der Waals surface area contributed by atoms with Crippen molar-refractivity contribution in [1.29, 1.82) is 0 Å². The van der Waals surface area contributed by atoms with E-state index < -0.39 is 6.04 Å². The lowest BCUT2D eigenvalue weighted by molar-refractivity contribution is -0.144. The van der Waals surface area contributed by atoms with Gasteiger partial charge in [0.25, 0.3) is 0 Å². The highest BCUT2D eigenvalue weighted by Crippen LogP contribution is 1.97. The lowest BCUT2D eigenvalue weighted by Gasteiger charge is -2.08. The summed E-state index contributed by atoms with van der Waals surface area (Å²) >= 11 is 0. The molecule has 1 aromatic heterocycles. The van der Waals surface area contributed by atoms with Crippen molar-refractivity contribution in [2.24, 2.45) is 5.73 Å². The summed E-state index contributed by atoms with van der Waals surface area (Å²) in [5.74, 6) is -0.378. The van der Waals surface area contributed by atoms with Crippen LogP contribution >= 0.6 is 24.8 Å². The van der Waals surface area contributed by atoms with Crippen molar-refractivity contribution < 1.29 is 9.53 Å². The van der Waals surface area contributed by atoms with Crippen LogP contribution in [0.15, 0.2) is 12.5 Å². The van der Waals surface area contributed by atoms with Gasteiger partial charge in [0, 0.05) is 18.3 Å². The molecule has 1 heterocycles. The van der Waals surface area contributed by atoms with Crippen molar-refractivity contribution in [2.75, 3.05) is 6.61 Å². The summed E-state index contributed by atoms with van der Waals surface area (Å²) in [5, 5.41) is 0. The number of nitrogens with zero attached hydrogens (tertiary/aromatic N) is 1. The molecule has 0 aromatic carbocycles. The Balaban J connectivity index is 0. The van der Waals surface area contributed by atoms with Gasteiger partial charge in [-0.1, -0.05) is 0 Å². The van der Waals surface area contributed by atoms with E-state index in [9.17, 15) is 4.79 Å². The number of hydrogen-bond donors (Lipinski definition) is 2. The third-order valence-corrected chi connectivity index (χ3v) is 1.58. The highest BCUT2D eigenvalue weighted by Gasteiger charge is 2.15. The first-order valence-electron chi connectivity index (χ1n) is 4.13. The van der Waals surface area contributed by atoms with E-state index in [1.165, 1.54) is 0 Å². The Hall–Kier alpha value is -0.780. The first-order valence-corrected chi connectivity index (χ1v) is 4.13. The molecule has 0 saturated heterocycles. The maximum Gasteiger partial charge on any atom is 0.323 e. The lowest BCUT2D eigenvalue weighted by Crippen LogP contribution is -2.34. The number of aromatic amines is 1. The van der Waals surface area contributed by atoms with E-state index in [-0.39, 0.29) is 30.8 Å². The van der Waals surface area contributed by atoms with E-state index in [2.05, 4.69) is 9.97 Å². The summed E-state index contributed by atoms with van der Waals surface area (Å²) in [4.78, 5) is 17.8. The van der Waals surface area contributed by atoms with E-state index in [1.807, 2.05) is 0 Å². The molecule has 0 fully saturated rings. The second kappa shape index (κ2) is 8.52. The van der Waals surface area contributed by atoms with E-state index in [1.54, 1.807) is 19.4 Å². The van der Waals surface area contributed by atoms with Crippen LogP contribution in [0.2, 0.25) is 0 Å². The van der Waals surface area contributed by atoms with Crippen LogP contribution in [0.4, 0.5) is 0 Å². The Bertz CT molecular complexity index is 267. The zero-order chi connectivity index (χ0) is 9.68. The summed E-state index contributed by atoms with van der Waals surface area (Å²) in [6.45, 7) is 2.11. The summed E-state index contributed by atoms with van der Waals surface area (Å²) in [5.41, 5.74) is 6.41. The van der Waals surface area contributed by atoms with E-state index >= 15 is 0 Å². The molecule has 1 aromatic rings. The monoisotopic (exact) mass is 255 g/mol. The van der Waals surface area contributed by atoms with Gasteiger partial charge in [0.15, 0.2) is 0 Å². The molecule has 0 aliphatic rings. The Labute approximate surface area is 101 Å². The van der Waals surface area contributed by atoms with Crippen LogP contribution in [0, 0.1) is 0 Å². The number of carbonyl (C=O) groups excluding carboxylic acids is 1. The quantitative estimate of drug-likeness (QED) is 0.776. The van der Waals surface area contributed by atoms with Gasteiger partial charge in [0.2, 0.25) is 0 Å². The van der Waals surface area contributed by atoms with Crippen molar-refractivity contribution >= 4 is 30.8 Å². The predicted octanol–water partition coefficient (Wildman–Crippen LogP) is 0.686. The molecule has 0 aliphatic heterocycles. The Morgan fingerprint density at radius 3 is 2.80 bits per heavy atom. The Morgan fingerprint density at radius 1 is 1.67 bits per heavy atom. The summed E-state index contributed by atoms with van der Waals surface area (Å²) in [6.07, 6.45) is 3.62. The highest BCUT2D eigenvalue weighted by atomic mass is 35.5. The fraction of sp³-hybridized carbons (Fsp3) is 0.500. The molecule has 15 heavy (non-hydrogen) atoms. The van der Waals surface area contributed by atoms with Gasteiger partial charge in [-0.05, 0) is 6.92 Å². The van der Waals surface area contributed by atoms with Crippen LogP contribution in [0.1, 0.15) is 12.6 Å². The second-order valence-corrected chi connectivity index (χ2v) is 2.64. The van der Waals surface area contributed by atoms with Gasteiger partial charge in [-0.2, -0.15) is 0 Å². The molecule has 88 valence electrons. The average molecular weight is 256 g/mol. The number of nitrogens with two attached hydrogens (primary N) is 1. The van der Waals surface area contributed by atoms with Gasteiger partial charge < -0.3 is 15.5 Å². The fourth-order valence-corrected chi connectivity index (χ4v) is 0.966. The van der Waals surface area contributed by atoms with Crippen LogP contribution < -0.4 is 5.73 Å². The van der Waals surface area contributed by atoms with Crippen molar-refractivity contribution in [1.82, 2.24) is 9.97 Å². The number of rotatable bonds is 4. The van der Waals surface area contributed by atoms with Crippen LogP contribution in [0.3, 0.4) is 0 Å². The zero-order valence-electron chi connectivity index (χ0n) is 8.30. The Morgan fingerprint density at radius 2 is 2.33 bits per heavy atom. The first-order chi connectivity index (χ1) is 6.24. The largest absolute Gasteiger partial charge is 0.465 e. The molecule has 0 spiro atoms. The number of imidazole rings is 1. The molecule has 1 atom stereocenters. The molecule has 7 heteroatoms. The van der Waals surface area contributed by atoms with Gasteiger partial charge >= 0.3 is 5.97 Å².